The fourth-order valence-electron chi connectivity index (χ4n) is 3.26. The minimum Gasteiger partial charge on any atom is -0.465 e. The number of carboxylic acid groups (broad SMARTS) is 1. The van der Waals surface area contributed by atoms with Crippen LogP contribution in [0.4, 0.5) is 9.18 Å². The molecule has 0 aliphatic heterocycles. The number of carbonyl (C=O) groups is 1. The number of halogens is 1. The second-order valence-corrected chi connectivity index (χ2v) is 7.36. The molecular weight excluding hydrogens is 297 g/mol. The highest BCUT2D eigenvalue weighted by Gasteiger charge is 2.44. The Morgan fingerprint density at radius 1 is 1.48 bits per heavy atom. The summed E-state index contributed by atoms with van der Waals surface area (Å²) in [6.07, 6.45) is 1.72. The highest BCUT2D eigenvalue weighted by Crippen LogP contribution is 2.51. The van der Waals surface area contributed by atoms with Gasteiger partial charge in [-0.3, -0.25) is 4.68 Å². The van der Waals surface area contributed by atoms with Gasteiger partial charge in [-0.15, -0.1) is 0 Å². The van der Waals surface area contributed by atoms with Crippen molar-refractivity contribution in [3.05, 3.63) is 29.7 Å². The fourth-order valence-corrected chi connectivity index (χ4v) is 3.26. The molecule has 5 nitrogen and oxygen atoms in total. The molecule has 1 aromatic carbocycles. The summed E-state index contributed by atoms with van der Waals surface area (Å²) in [5.41, 5.74) is 0.998. The van der Waals surface area contributed by atoms with Crippen LogP contribution in [-0.4, -0.2) is 38.0 Å². The quantitative estimate of drug-likeness (QED) is 0.940. The third kappa shape index (κ3) is 2.90. The molecule has 23 heavy (non-hydrogen) atoms. The van der Waals surface area contributed by atoms with Gasteiger partial charge in [0.25, 0.3) is 0 Å². The van der Waals surface area contributed by atoms with Gasteiger partial charge in [0.05, 0.1) is 5.52 Å². The summed E-state index contributed by atoms with van der Waals surface area (Å²) < 4.78 is 16.0. The molecule has 0 saturated heterocycles. The molecule has 1 N–H and O–H groups in total. The Hall–Kier alpha value is -2.11. The first-order valence-corrected chi connectivity index (χ1v) is 7.81. The van der Waals surface area contributed by atoms with Crippen LogP contribution < -0.4 is 0 Å². The molecule has 1 saturated carbocycles. The minimum absolute atomic E-state index is 0.0621. The Kier molecular flexibility index (Phi) is 3.58. The van der Waals surface area contributed by atoms with Gasteiger partial charge < -0.3 is 10.0 Å². The maximum Gasteiger partial charge on any atom is 0.407 e. The van der Waals surface area contributed by atoms with Crippen LogP contribution in [-0.2, 0) is 7.05 Å². The average Bonchev–Trinajstić information content (AvgIpc) is 3.06. The van der Waals surface area contributed by atoms with Crippen LogP contribution in [0.15, 0.2) is 18.3 Å². The van der Waals surface area contributed by atoms with E-state index in [1.807, 2.05) is 34.0 Å². The van der Waals surface area contributed by atoms with Crippen molar-refractivity contribution < 1.29 is 14.3 Å². The van der Waals surface area contributed by atoms with E-state index in [9.17, 15) is 14.3 Å². The minimum atomic E-state index is -0.928. The summed E-state index contributed by atoms with van der Waals surface area (Å²) >= 11 is 0. The number of amides is 1. The van der Waals surface area contributed by atoms with Gasteiger partial charge >= 0.3 is 6.09 Å². The maximum absolute atomic E-state index is 14.4. The highest BCUT2D eigenvalue weighted by molar-refractivity contribution is 5.83. The number of aromatic nitrogens is 2. The SMILES string of the molecule is Cn1cc2c(C3CC3CN(C(=O)O)C(C)(C)C)c(F)ccc2n1. The van der Waals surface area contributed by atoms with E-state index < -0.39 is 11.6 Å². The molecule has 2 aromatic rings. The van der Waals surface area contributed by atoms with Crippen molar-refractivity contribution >= 4 is 17.0 Å². The highest BCUT2D eigenvalue weighted by atomic mass is 19.1. The molecule has 2 unspecified atom stereocenters. The molecule has 0 radical (unpaired) electrons. The molecule has 2 atom stereocenters. The summed E-state index contributed by atoms with van der Waals surface area (Å²) in [6.45, 7) is 6.06. The molecule has 0 spiro atoms. The number of hydrogen-bond acceptors (Lipinski definition) is 2. The van der Waals surface area contributed by atoms with E-state index in [1.54, 1.807) is 10.7 Å². The number of hydrogen-bond donors (Lipinski definition) is 1. The zero-order valence-electron chi connectivity index (χ0n) is 13.9. The van der Waals surface area contributed by atoms with Gasteiger partial charge in [-0.25, -0.2) is 9.18 Å². The normalized spacial score (nSPS) is 20.7. The van der Waals surface area contributed by atoms with Gasteiger partial charge in [-0.2, -0.15) is 5.10 Å². The Balaban J connectivity index is 1.86. The van der Waals surface area contributed by atoms with E-state index in [0.29, 0.717) is 12.1 Å². The fraction of sp³-hybridized carbons (Fsp3) is 0.529. The van der Waals surface area contributed by atoms with Gasteiger partial charge in [0, 0.05) is 36.3 Å². The van der Waals surface area contributed by atoms with Gasteiger partial charge in [0.1, 0.15) is 5.82 Å². The molecular formula is C17H22FN3O2. The summed E-state index contributed by atoms with van der Waals surface area (Å²) in [7, 11) is 1.82. The topological polar surface area (TPSA) is 58.4 Å². The maximum atomic E-state index is 14.4. The lowest BCUT2D eigenvalue weighted by atomic mass is 10.0. The van der Waals surface area contributed by atoms with Gasteiger partial charge in [-0.05, 0) is 51.2 Å². The lowest BCUT2D eigenvalue weighted by Gasteiger charge is -2.33. The molecule has 3 rings (SSSR count). The van der Waals surface area contributed by atoms with Gasteiger partial charge in [-0.1, -0.05) is 0 Å². The number of aryl methyl sites for hydroxylation is 1. The average molecular weight is 319 g/mol. The predicted molar refractivity (Wildman–Crippen MR) is 86.0 cm³/mol. The van der Waals surface area contributed by atoms with Crippen LogP contribution in [0.25, 0.3) is 10.9 Å². The summed E-state index contributed by atoms with van der Waals surface area (Å²) in [5.74, 6) is -0.00614. The standard InChI is InChI=1S/C17H22FN3O2/c1-17(2,3)21(16(22)23)8-10-7-11(10)15-12-9-20(4)19-14(12)6-5-13(15)18/h5-6,9-11H,7-8H2,1-4H3,(H,22,23). The molecule has 1 fully saturated rings. The summed E-state index contributed by atoms with van der Waals surface area (Å²) in [4.78, 5) is 12.9. The number of benzene rings is 1. The van der Waals surface area contributed by atoms with E-state index in [1.165, 1.54) is 11.0 Å². The van der Waals surface area contributed by atoms with E-state index >= 15 is 0 Å². The first-order chi connectivity index (χ1) is 10.7. The zero-order chi connectivity index (χ0) is 16.9. The van der Waals surface area contributed by atoms with E-state index in [4.69, 9.17) is 0 Å². The lowest BCUT2D eigenvalue weighted by molar-refractivity contribution is 0.0967. The molecule has 1 aliphatic carbocycles. The third-order valence-corrected chi connectivity index (χ3v) is 4.54. The van der Waals surface area contributed by atoms with Crippen LogP contribution in [0.3, 0.4) is 0 Å². The van der Waals surface area contributed by atoms with Crippen LogP contribution in [0, 0.1) is 11.7 Å². The Labute approximate surface area is 134 Å². The molecule has 124 valence electrons. The van der Waals surface area contributed by atoms with E-state index in [2.05, 4.69) is 5.10 Å². The van der Waals surface area contributed by atoms with Crippen molar-refractivity contribution in [1.82, 2.24) is 14.7 Å². The Bertz CT molecular complexity index is 763. The third-order valence-electron chi connectivity index (χ3n) is 4.54. The Morgan fingerprint density at radius 3 is 2.78 bits per heavy atom. The van der Waals surface area contributed by atoms with Gasteiger partial charge in [0.15, 0.2) is 0 Å². The molecule has 0 bridgehead atoms. The second kappa shape index (κ2) is 5.22. The smallest absolute Gasteiger partial charge is 0.407 e. The van der Waals surface area contributed by atoms with Crippen LogP contribution >= 0.6 is 0 Å². The van der Waals surface area contributed by atoms with Crippen molar-refractivity contribution in [2.45, 2.75) is 38.6 Å². The largest absolute Gasteiger partial charge is 0.465 e. The zero-order valence-corrected chi connectivity index (χ0v) is 13.9. The first kappa shape index (κ1) is 15.8. The predicted octanol–water partition coefficient (Wildman–Crippen LogP) is 3.59. The van der Waals surface area contributed by atoms with Crippen molar-refractivity contribution in [2.24, 2.45) is 13.0 Å². The number of fused-ring (bicyclic) bond motifs is 1. The van der Waals surface area contributed by atoms with Crippen molar-refractivity contribution in [3.8, 4) is 0 Å². The van der Waals surface area contributed by atoms with Gasteiger partial charge in [0.2, 0.25) is 0 Å². The van der Waals surface area contributed by atoms with Crippen molar-refractivity contribution in [2.75, 3.05) is 6.54 Å². The summed E-state index contributed by atoms with van der Waals surface area (Å²) in [6, 6.07) is 3.14. The number of rotatable bonds is 3. The monoisotopic (exact) mass is 319 g/mol. The van der Waals surface area contributed by atoms with E-state index in [-0.39, 0.29) is 17.7 Å². The van der Waals surface area contributed by atoms with Crippen molar-refractivity contribution in [1.29, 1.82) is 0 Å². The van der Waals surface area contributed by atoms with Crippen LogP contribution in [0.1, 0.15) is 38.7 Å². The van der Waals surface area contributed by atoms with Crippen LogP contribution in [0.5, 0.6) is 0 Å². The molecule has 1 amide bonds. The Morgan fingerprint density at radius 2 is 2.17 bits per heavy atom. The second-order valence-electron chi connectivity index (χ2n) is 7.36. The molecule has 1 aliphatic rings. The number of nitrogens with zero attached hydrogens (tertiary/aromatic N) is 3. The first-order valence-electron chi connectivity index (χ1n) is 7.81. The molecule has 6 heteroatoms. The summed E-state index contributed by atoms with van der Waals surface area (Å²) in [5, 5.41) is 14.6. The van der Waals surface area contributed by atoms with Crippen molar-refractivity contribution in [3.63, 3.8) is 0 Å². The van der Waals surface area contributed by atoms with E-state index in [0.717, 1.165) is 17.3 Å². The molecule has 1 aromatic heterocycles. The van der Waals surface area contributed by atoms with Crippen LogP contribution in [0.2, 0.25) is 0 Å². The molecule has 1 heterocycles. The lowest BCUT2D eigenvalue weighted by Crippen LogP contribution is -2.46.